The zero-order chi connectivity index (χ0) is 12.3. The molecule has 1 aliphatic rings. The maximum atomic E-state index is 11.6. The van der Waals surface area contributed by atoms with E-state index in [4.69, 9.17) is 21.1 Å². The zero-order valence-corrected chi connectivity index (χ0v) is 10.3. The largest absolute Gasteiger partial charge is 0.490 e. The normalized spacial score (nSPS) is 14.5. The first kappa shape index (κ1) is 12.2. The third-order valence-corrected chi connectivity index (χ3v) is 2.75. The second-order valence-corrected chi connectivity index (χ2v) is 4.10. The van der Waals surface area contributed by atoms with Crippen molar-refractivity contribution in [1.82, 2.24) is 5.32 Å². The highest BCUT2D eigenvalue weighted by Crippen LogP contribution is 2.31. The van der Waals surface area contributed by atoms with Gasteiger partial charge in [-0.05, 0) is 19.1 Å². The molecule has 17 heavy (non-hydrogen) atoms. The highest BCUT2D eigenvalue weighted by atomic mass is 35.5. The summed E-state index contributed by atoms with van der Waals surface area (Å²) in [7, 11) is 0. The Kier molecular flexibility index (Phi) is 3.86. The first-order valence-electron chi connectivity index (χ1n) is 5.55. The summed E-state index contributed by atoms with van der Waals surface area (Å²) in [6.07, 6.45) is 0. The Bertz CT molecular complexity index is 434. The molecule has 0 unspecified atom stereocenters. The van der Waals surface area contributed by atoms with Gasteiger partial charge in [0.05, 0.1) is 17.2 Å². The maximum Gasteiger partial charge on any atom is 0.338 e. The van der Waals surface area contributed by atoms with Crippen LogP contribution in [0.25, 0.3) is 0 Å². The fraction of sp³-hybridized carbons (Fsp3) is 0.417. The van der Waals surface area contributed by atoms with Crippen molar-refractivity contribution in [3.05, 3.63) is 28.3 Å². The van der Waals surface area contributed by atoms with Gasteiger partial charge in [0.25, 0.3) is 0 Å². The number of hydrogen-bond donors (Lipinski definition) is 1. The van der Waals surface area contributed by atoms with Crippen molar-refractivity contribution in [3.8, 4) is 5.75 Å². The Balaban J connectivity index is 2.35. The molecule has 0 aromatic heterocycles. The molecule has 0 fully saturated rings. The van der Waals surface area contributed by atoms with Gasteiger partial charge in [-0.1, -0.05) is 11.6 Å². The minimum Gasteiger partial charge on any atom is -0.490 e. The zero-order valence-electron chi connectivity index (χ0n) is 9.59. The number of halogens is 1. The van der Waals surface area contributed by atoms with Crippen LogP contribution in [0.1, 0.15) is 22.8 Å². The van der Waals surface area contributed by atoms with Gasteiger partial charge in [0.2, 0.25) is 0 Å². The van der Waals surface area contributed by atoms with Gasteiger partial charge < -0.3 is 14.8 Å². The van der Waals surface area contributed by atoms with E-state index in [1.54, 1.807) is 19.1 Å². The SMILES string of the molecule is CCOC(=O)c1cc(Cl)c2c(c1)CNCCO2. The van der Waals surface area contributed by atoms with Gasteiger partial charge in [-0.3, -0.25) is 0 Å². The van der Waals surface area contributed by atoms with Gasteiger partial charge in [-0.25, -0.2) is 4.79 Å². The quantitative estimate of drug-likeness (QED) is 0.821. The van der Waals surface area contributed by atoms with Crippen LogP contribution in [0, 0.1) is 0 Å². The molecule has 2 rings (SSSR count). The van der Waals surface area contributed by atoms with E-state index in [9.17, 15) is 4.79 Å². The maximum absolute atomic E-state index is 11.6. The minimum atomic E-state index is -0.360. The van der Waals surface area contributed by atoms with Crippen LogP contribution in [0.15, 0.2) is 12.1 Å². The van der Waals surface area contributed by atoms with Crippen molar-refractivity contribution in [1.29, 1.82) is 0 Å². The average Bonchev–Trinajstić information content (AvgIpc) is 2.54. The lowest BCUT2D eigenvalue weighted by Gasteiger charge is -2.10. The van der Waals surface area contributed by atoms with Crippen molar-refractivity contribution in [3.63, 3.8) is 0 Å². The molecule has 0 aliphatic carbocycles. The fourth-order valence-electron chi connectivity index (χ4n) is 1.72. The van der Waals surface area contributed by atoms with Crippen LogP contribution in [0.3, 0.4) is 0 Å². The Hall–Kier alpha value is -1.26. The lowest BCUT2D eigenvalue weighted by molar-refractivity contribution is 0.0526. The molecule has 1 N–H and O–H groups in total. The average molecular weight is 256 g/mol. The van der Waals surface area contributed by atoms with Gasteiger partial charge in [-0.2, -0.15) is 0 Å². The molecule has 92 valence electrons. The first-order valence-corrected chi connectivity index (χ1v) is 5.93. The van der Waals surface area contributed by atoms with E-state index in [1.165, 1.54) is 0 Å². The van der Waals surface area contributed by atoms with Crippen LogP contribution in [0.4, 0.5) is 0 Å². The number of esters is 1. The third kappa shape index (κ3) is 2.70. The number of ether oxygens (including phenoxy) is 2. The van der Waals surface area contributed by atoms with E-state index < -0.39 is 0 Å². The summed E-state index contributed by atoms with van der Waals surface area (Å²) >= 11 is 6.10. The number of carbonyl (C=O) groups excluding carboxylic acids is 1. The first-order chi connectivity index (χ1) is 8.22. The number of rotatable bonds is 2. The van der Waals surface area contributed by atoms with Crippen molar-refractivity contribution in [2.24, 2.45) is 0 Å². The summed E-state index contributed by atoms with van der Waals surface area (Å²) in [5.41, 5.74) is 1.35. The Morgan fingerprint density at radius 1 is 1.59 bits per heavy atom. The smallest absolute Gasteiger partial charge is 0.338 e. The highest BCUT2D eigenvalue weighted by molar-refractivity contribution is 6.32. The molecule has 4 nitrogen and oxygen atoms in total. The summed E-state index contributed by atoms with van der Waals surface area (Å²) in [4.78, 5) is 11.6. The molecule has 0 amide bonds. The third-order valence-electron chi connectivity index (χ3n) is 2.47. The standard InChI is InChI=1S/C12H14ClNO3/c1-2-16-12(15)8-5-9-7-14-3-4-17-11(9)10(13)6-8/h5-6,14H,2-4,7H2,1H3. The molecule has 1 aliphatic heterocycles. The predicted molar refractivity (Wildman–Crippen MR) is 64.6 cm³/mol. The topological polar surface area (TPSA) is 47.6 Å². The Morgan fingerprint density at radius 3 is 3.18 bits per heavy atom. The van der Waals surface area contributed by atoms with Crippen LogP contribution < -0.4 is 10.1 Å². The summed E-state index contributed by atoms with van der Waals surface area (Å²) in [5.74, 6) is 0.297. The van der Waals surface area contributed by atoms with Crippen LogP contribution >= 0.6 is 11.6 Å². The van der Waals surface area contributed by atoms with Crippen molar-refractivity contribution < 1.29 is 14.3 Å². The van der Waals surface area contributed by atoms with Crippen molar-refractivity contribution in [2.75, 3.05) is 19.8 Å². The monoisotopic (exact) mass is 255 g/mol. The van der Waals surface area contributed by atoms with Crippen LogP contribution in [-0.2, 0) is 11.3 Å². The minimum absolute atomic E-state index is 0.349. The van der Waals surface area contributed by atoms with E-state index in [2.05, 4.69) is 5.32 Å². The lowest BCUT2D eigenvalue weighted by Crippen LogP contribution is -2.16. The Labute approximate surface area is 105 Å². The molecule has 1 aromatic carbocycles. The summed E-state index contributed by atoms with van der Waals surface area (Å²) in [6, 6.07) is 3.35. The number of carbonyl (C=O) groups is 1. The number of benzene rings is 1. The molecule has 0 radical (unpaired) electrons. The van der Waals surface area contributed by atoms with E-state index in [0.717, 1.165) is 12.1 Å². The molecular weight excluding hydrogens is 242 g/mol. The van der Waals surface area contributed by atoms with E-state index >= 15 is 0 Å². The second-order valence-electron chi connectivity index (χ2n) is 3.69. The van der Waals surface area contributed by atoms with Crippen LogP contribution in [0.2, 0.25) is 5.02 Å². The molecule has 0 atom stereocenters. The van der Waals surface area contributed by atoms with Crippen LogP contribution in [-0.4, -0.2) is 25.7 Å². The summed E-state index contributed by atoms with van der Waals surface area (Å²) in [5, 5.41) is 3.65. The van der Waals surface area contributed by atoms with Gasteiger partial charge in [0.1, 0.15) is 12.4 Å². The summed E-state index contributed by atoms with van der Waals surface area (Å²) < 4.78 is 10.5. The van der Waals surface area contributed by atoms with Gasteiger partial charge in [-0.15, -0.1) is 0 Å². The van der Waals surface area contributed by atoms with Gasteiger partial charge in [0, 0.05) is 18.7 Å². The molecule has 1 aromatic rings. The van der Waals surface area contributed by atoms with Crippen molar-refractivity contribution in [2.45, 2.75) is 13.5 Å². The molecule has 0 spiro atoms. The molecule has 0 bridgehead atoms. The highest BCUT2D eigenvalue weighted by Gasteiger charge is 2.17. The van der Waals surface area contributed by atoms with Gasteiger partial charge in [0.15, 0.2) is 0 Å². The fourth-order valence-corrected chi connectivity index (χ4v) is 2.02. The molecule has 1 heterocycles. The van der Waals surface area contributed by atoms with Crippen molar-refractivity contribution >= 4 is 17.6 Å². The van der Waals surface area contributed by atoms with E-state index in [-0.39, 0.29) is 5.97 Å². The second kappa shape index (κ2) is 5.38. The van der Waals surface area contributed by atoms with Crippen LogP contribution in [0.5, 0.6) is 5.75 Å². The molecule has 5 heteroatoms. The lowest BCUT2D eigenvalue weighted by atomic mass is 10.1. The molecule has 0 saturated heterocycles. The van der Waals surface area contributed by atoms with E-state index in [0.29, 0.717) is 36.1 Å². The van der Waals surface area contributed by atoms with E-state index in [1.807, 2.05) is 0 Å². The number of nitrogens with one attached hydrogen (secondary N) is 1. The molecule has 0 saturated carbocycles. The summed E-state index contributed by atoms with van der Waals surface area (Å²) in [6.45, 7) is 4.10. The number of fused-ring (bicyclic) bond motifs is 1. The number of hydrogen-bond acceptors (Lipinski definition) is 4. The predicted octanol–water partition coefficient (Wildman–Crippen LogP) is 2.00. The van der Waals surface area contributed by atoms with Gasteiger partial charge >= 0.3 is 5.97 Å². The Morgan fingerprint density at radius 2 is 2.41 bits per heavy atom. The molecular formula is C12H14ClNO3.